The Labute approximate surface area is 139 Å². The van der Waals surface area contributed by atoms with Crippen molar-refractivity contribution in [2.75, 3.05) is 0 Å². The van der Waals surface area contributed by atoms with Crippen LogP contribution in [0.15, 0.2) is 46.9 Å². The lowest BCUT2D eigenvalue weighted by atomic mass is 10.1. The van der Waals surface area contributed by atoms with Gasteiger partial charge in [-0.1, -0.05) is 12.1 Å². The van der Waals surface area contributed by atoms with Crippen LogP contribution in [0.4, 0.5) is 13.2 Å². The van der Waals surface area contributed by atoms with Gasteiger partial charge in [0.1, 0.15) is 11.6 Å². The molecule has 0 bridgehead atoms. The molecule has 0 aliphatic rings. The van der Waals surface area contributed by atoms with Crippen LogP contribution >= 0.6 is 15.9 Å². The molecular weight excluding hydrogens is 375 g/mol. The lowest BCUT2D eigenvalue weighted by molar-refractivity contribution is -0.0499. The molecule has 0 aromatic heterocycles. The van der Waals surface area contributed by atoms with E-state index in [0.717, 1.165) is 6.07 Å². The highest BCUT2D eigenvalue weighted by Crippen LogP contribution is 2.22. The maximum Gasteiger partial charge on any atom is 0.387 e. The minimum Gasteiger partial charge on any atom is -0.435 e. The van der Waals surface area contributed by atoms with E-state index < -0.39 is 24.4 Å². The van der Waals surface area contributed by atoms with E-state index >= 15 is 0 Å². The van der Waals surface area contributed by atoms with E-state index in [9.17, 15) is 18.0 Å². The number of halogens is 4. The number of hydrogen-bond acceptors (Lipinski definition) is 2. The number of rotatable bonds is 5. The Morgan fingerprint density at radius 2 is 1.96 bits per heavy atom. The largest absolute Gasteiger partial charge is 0.435 e. The fraction of sp³-hybridized carbons (Fsp3) is 0.188. The molecule has 2 aromatic rings. The predicted octanol–water partition coefficient (Wildman–Crippen LogP) is 4.68. The smallest absolute Gasteiger partial charge is 0.387 e. The van der Waals surface area contributed by atoms with Crippen LogP contribution in [0.1, 0.15) is 28.9 Å². The molecular formula is C16H13BrF3NO2. The van der Waals surface area contributed by atoms with Gasteiger partial charge in [0.15, 0.2) is 0 Å². The van der Waals surface area contributed by atoms with Gasteiger partial charge in [0.25, 0.3) is 5.91 Å². The van der Waals surface area contributed by atoms with Gasteiger partial charge in [0.05, 0.1) is 11.6 Å². The number of nitrogens with one attached hydrogen (secondary N) is 1. The van der Waals surface area contributed by atoms with Crippen molar-refractivity contribution in [3.05, 3.63) is 63.9 Å². The molecule has 1 N–H and O–H groups in total. The summed E-state index contributed by atoms with van der Waals surface area (Å²) in [4.78, 5) is 12.2. The lowest BCUT2D eigenvalue weighted by Gasteiger charge is -2.16. The Bertz CT molecular complexity index is 709. The number of carbonyl (C=O) groups is 1. The monoisotopic (exact) mass is 387 g/mol. The molecule has 0 spiro atoms. The molecule has 0 aliphatic heterocycles. The van der Waals surface area contributed by atoms with Gasteiger partial charge in [-0.05, 0) is 58.7 Å². The second-order valence-corrected chi connectivity index (χ2v) is 5.62. The van der Waals surface area contributed by atoms with Crippen LogP contribution < -0.4 is 10.1 Å². The summed E-state index contributed by atoms with van der Waals surface area (Å²) in [7, 11) is 0. The zero-order valence-electron chi connectivity index (χ0n) is 12.0. The minimum absolute atomic E-state index is 0.00513. The van der Waals surface area contributed by atoms with Crippen molar-refractivity contribution in [1.29, 1.82) is 0 Å². The summed E-state index contributed by atoms with van der Waals surface area (Å²) in [6.45, 7) is -1.23. The van der Waals surface area contributed by atoms with E-state index in [4.69, 9.17) is 0 Å². The number of carbonyl (C=O) groups excluding carboxylic acids is 1. The quantitative estimate of drug-likeness (QED) is 0.808. The Kier molecular flexibility index (Phi) is 5.65. The van der Waals surface area contributed by atoms with Crippen molar-refractivity contribution in [1.82, 2.24) is 5.32 Å². The maximum absolute atomic E-state index is 13.3. The molecule has 3 nitrogen and oxygen atoms in total. The molecule has 1 amide bonds. The summed E-state index contributed by atoms with van der Waals surface area (Å²) in [6, 6.07) is 9.34. The van der Waals surface area contributed by atoms with Crippen molar-refractivity contribution >= 4 is 21.8 Å². The van der Waals surface area contributed by atoms with E-state index in [2.05, 4.69) is 26.0 Å². The highest BCUT2D eigenvalue weighted by atomic mass is 79.9. The predicted molar refractivity (Wildman–Crippen MR) is 83.1 cm³/mol. The SMILES string of the molecule is C[C@@H](NC(=O)c1cc(F)ccc1Br)c1cccc(OC(F)F)c1. The Hall–Kier alpha value is -2.02. The summed E-state index contributed by atoms with van der Waals surface area (Å²) in [5.41, 5.74) is 0.737. The van der Waals surface area contributed by atoms with Crippen LogP contribution in [0.5, 0.6) is 5.75 Å². The van der Waals surface area contributed by atoms with E-state index in [-0.39, 0.29) is 11.3 Å². The van der Waals surface area contributed by atoms with Crippen molar-refractivity contribution in [2.45, 2.75) is 19.6 Å². The standard InChI is InChI=1S/C16H13BrF3NO2/c1-9(10-3-2-4-12(7-10)23-16(19)20)21-15(22)13-8-11(18)5-6-14(13)17/h2-9,16H,1H3,(H,21,22)/t9-/m1/s1. The van der Waals surface area contributed by atoms with Gasteiger partial charge in [0.2, 0.25) is 0 Å². The van der Waals surface area contributed by atoms with Crippen LogP contribution in [-0.4, -0.2) is 12.5 Å². The summed E-state index contributed by atoms with van der Waals surface area (Å²) in [6.07, 6.45) is 0. The van der Waals surface area contributed by atoms with Crippen LogP contribution in [0, 0.1) is 5.82 Å². The van der Waals surface area contributed by atoms with Gasteiger partial charge in [-0.15, -0.1) is 0 Å². The average molecular weight is 388 g/mol. The molecule has 0 radical (unpaired) electrons. The fourth-order valence-electron chi connectivity index (χ4n) is 1.99. The van der Waals surface area contributed by atoms with E-state index in [1.807, 2.05) is 0 Å². The zero-order chi connectivity index (χ0) is 17.0. The molecule has 0 heterocycles. The first-order valence-corrected chi connectivity index (χ1v) is 7.47. The first-order valence-electron chi connectivity index (χ1n) is 6.67. The van der Waals surface area contributed by atoms with E-state index in [1.54, 1.807) is 19.1 Å². The number of alkyl halides is 2. The maximum atomic E-state index is 13.3. The molecule has 0 unspecified atom stereocenters. The summed E-state index contributed by atoms with van der Waals surface area (Å²) in [5, 5.41) is 2.68. The first kappa shape index (κ1) is 17.3. The number of benzene rings is 2. The lowest BCUT2D eigenvalue weighted by Crippen LogP contribution is -2.27. The Morgan fingerprint density at radius 3 is 2.65 bits per heavy atom. The first-order chi connectivity index (χ1) is 10.9. The molecule has 1 atom stereocenters. The second kappa shape index (κ2) is 7.50. The van der Waals surface area contributed by atoms with Gasteiger partial charge in [-0.2, -0.15) is 8.78 Å². The van der Waals surface area contributed by atoms with Gasteiger partial charge in [-0.3, -0.25) is 4.79 Å². The summed E-state index contributed by atoms with van der Waals surface area (Å²) < 4.78 is 42.5. The number of ether oxygens (including phenoxy) is 1. The Morgan fingerprint density at radius 1 is 1.22 bits per heavy atom. The fourth-order valence-corrected chi connectivity index (χ4v) is 2.42. The number of amides is 1. The molecule has 23 heavy (non-hydrogen) atoms. The van der Waals surface area contributed by atoms with E-state index in [1.165, 1.54) is 24.3 Å². The molecule has 0 aliphatic carbocycles. The van der Waals surface area contributed by atoms with Crippen molar-refractivity contribution in [3.8, 4) is 5.75 Å². The van der Waals surface area contributed by atoms with Crippen LogP contribution in [0.3, 0.4) is 0 Å². The molecule has 0 saturated heterocycles. The summed E-state index contributed by atoms with van der Waals surface area (Å²) in [5.74, 6) is -1.01. The molecule has 122 valence electrons. The molecule has 2 aromatic carbocycles. The third-order valence-corrected chi connectivity index (χ3v) is 3.80. The van der Waals surface area contributed by atoms with Crippen LogP contribution in [-0.2, 0) is 0 Å². The van der Waals surface area contributed by atoms with Gasteiger partial charge >= 0.3 is 6.61 Å². The molecule has 0 fully saturated rings. The normalized spacial score (nSPS) is 12.1. The van der Waals surface area contributed by atoms with Crippen molar-refractivity contribution < 1.29 is 22.7 Å². The highest BCUT2D eigenvalue weighted by molar-refractivity contribution is 9.10. The van der Waals surface area contributed by atoms with Gasteiger partial charge < -0.3 is 10.1 Å². The molecule has 0 saturated carbocycles. The van der Waals surface area contributed by atoms with Crippen molar-refractivity contribution in [3.63, 3.8) is 0 Å². The van der Waals surface area contributed by atoms with Crippen LogP contribution in [0.2, 0.25) is 0 Å². The highest BCUT2D eigenvalue weighted by Gasteiger charge is 2.15. The third-order valence-electron chi connectivity index (χ3n) is 3.10. The third kappa shape index (κ3) is 4.72. The number of hydrogen-bond donors (Lipinski definition) is 1. The van der Waals surface area contributed by atoms with Crippen molar-refractivity contribution in [2.24, 2.45) is 0 Å². The van der Waals surface area contributed by atoms with Gasteiger partial charge in [-0.25, -0.2) is 4.39 Å². The minimum atomic E-state index is -2.92. The topological polar surface area (TPSA) is 38.3 Å². The molecule has 7 heteroatoms. The Balaban J connectivity index is 2.13. The average Bonchev–Trinajstić information content (AvgIpc) is 2.49. The van der Waals surface area contributed by atoms with Gasteiger partial charge in [0, 0.05) is 4.47 Å². The molecule has 2 rings (SSSR count). The second-order valence-electron chi connectivity index (χ2n) is 4.77. The zero-order valence-corrected chi connectivity index (χ0v) is 13.6. The van der Waals surface area contributed by atoms with Crippen LogP contribution in [0.25, 0.3) is 0 Å². The van der Waals surface area contributed by atoms with E-state index in [0.29, 0.717) is 10.0 Å². The summed E-state index contributed by atoms with van der Waals surface area (Å²) >= 11 is 3.19.